The molecule has 0 amide bonds. The van der Waals surface area contributed by atoms with Crippen LogP contribution in [-0.4, -0.2) is 53.9 Å². The molecule has 0 bridgehead atoms. The molecule has 212 valence electrons. The van der Waals surface area contributed by atoms with Gasteiger partial charge in [0.25, 0.3) is 0 Å². The molecule has 1 fully saturated rings. The number of carbonyl (C=O) groups is 3. The lowest BCUT2D eigenvalue weighted by Crippen LogP contribution is -2.36. The minimum atomic E-state index is -1.02. The zero-order valence-corrected chi connectivity index (χ0v) is 22.9. The predicted octanol–water partition coefficient (Wildman–Crippen LogP) is 3.38. The number of carbonyl (C=O) groups excluding carboxylic acids is 2. The van der Waals surface area contributed by atoms with Crippen molar-refractivity contribution in [1.82, 2.24) is 0 Å². The molecule has 1 aromatic carbocycles. The second-order valence-electron chi connectivity index (χ2n) is 11.0. The van der Waals surface area contributed by atoms with Gasteiger partial charge in [-0.25, -0.2) is 4.79 Å². The molecule has 9 nitrogen and oxygen atoms in total. The molecule has 1 saturated carbocycles. The van der Waals surface area contributed by atoms with Crippen LogP contribution in [-0.2, 0) is 36.7 Å². The van der Waals surface area contributed by atoms with Crippen LogP contribution in [0.25, 0.3) is 0 Å². The van der Waals surface area contributed by atoms with E-state index < -0.39 is 30.0 Å². The van der Waals surface area contributed by atoms with Crippen molar-refractivity contribution in [3.05, 3.63) is 29.3 Å². The molecule has 0 heterocycles. The van der Waals surface area contributed by atoms with Crippen molar-refractivity contribution in [1.29, 1.82) is 0 Å². The number of carboxylic acid groups (broad SMARTS) is 1. The standard InChI is InChI=1S/C29H44N2O7/c1-4-5-6-9-21(37-28(34)17(2)30)11-12-22-23-13-19-8-7-10-25(36-16-27(32)33)24(19)14-20(23)15-26(22)38-29(35)18(3)31/h7-8,10,17-18,20-23,26H,4-6,9,11-16,30-31H2,1-3H3,(H,32,33)/t17?,18?,20-,21-,22+,23-,26+/m0/s1. The zero-order valence-electron chi connectivity index (χ0n) is 22.9. The van der Waals surface area contributed by atoms with Gasteiger partial charge < -0.3 is 30.8 Å². The molecular weight excluding hydrogens is 488 g/mol. The fraction of sp³-hybridized carbons (Fsp3) is 0.690. The highest BCUT2D eigenvalue weighted by molar-refractivity contribution is 5.75. The van der Waals surface area contributed by atoms with Crippen LogP contribution < -0.4 is 16.2 Å². The lowest BCUT2D eigenvalue weighted by molar-refractivity contribution is -0.153. The Bertz CT molecular complexity index is 964. The molecular formula is C29H44N2O7. The summed E-state index contributed by atoms with van der Waals surface area (Å²) in [6.45, 7) is 5.00. The molecule has 0 saturated heterocycles. The number of esters is 2. The van der Waals surface area contributed by atoms with E-state index in [9.17, 15) is 14.4 Å². The number of carboxylic acids is 1. The van der Waals surface area contributed by atoms with Crippen molar-refractivity contribution in [3.8, 4) is 5.75 Å². The molecule has 5 N–H and O–H groups in total. The van der Waals surface area contributed by atoms with E-state index in [-0.39, 0.29) is 36.6 Å². The van der Waals surface area contributed by atoms with Crippen LogP contribution in [0.3, 0.4) is 0 Å². The maximum absolute atomic E-state index is 12.5. The molecule has 9 heteroatoms. The molecule has 38 heavy (non-hydrogen) atoms. The fourth-order valence-corrected chi connectivity index (χ4v) is 5.98. The average Bonchev–Trinajstić information content (AvgIpc) is 3.19. The highest BCUT2D eigenvalue weighted by atomic mass is 16.6. The maximum atomic E-state index is 12.5. The van der Waals surface area contributed by atoms with Crippen molar-refractivity contribution < 1.29 is 33.7 Å². The molecule has 0 spiro atoms. The van der Waals surface area contributed by atoms with Crippen molar-refractivity contribution >= 4 is 17.9 Å². The van der Waals surface area contributed by atoms with Gasteiger partial charge in [0, 0.05) is 0 Å². The third kappa shape index (κ3) is 7.93. The predicted molar refractivity (Wildman–Crippen MR) is 143 cm³/mol. The van der Waals surface area contributed by atoms with Crippen LogP contribution in [0.5, 0.6) is 5.75 Å². The van der Waals surface area contributed by atoms with E-state index in [1.807, 2.05) is 12.1 Å². The van der Waals surface area contributed by atoms with E-state index >= 15 is 0 Å². The summed E-state index contributed by atoms with van der Waals surface area (Å²) < 4.78 is 17.3. The van der Waals surface area contributed by atoms with Gasteiger partial charge in [-0.15, -0.1) is 0 Å². The third-order valence-electron chi connectivity index (χ3n) is 7.92. The van der Waals surface area contributed by atoms with Crippen LogP contribution in [0.4, 0.5) is 0 Å². The van der Waals surface area contributed by atoms with Crippen molar-refractivity contribution in [3.63, 3.8) is 0 Å². The number of unbranched alkanes of at least 4 members (excludes halogenated alkanes) is 2. The summed E-state index contributed by atoms with van der Waals surface area (Å²) in [4.78, 5) is 35.8. The van der Waals surface area contributed by atoms with Gasteiger partial charge in [-0.2, -0.15) is 0 Å². The lowest BCUT2D eigenvalue weighted by Gasteiger charge is -2.33. The second-order valence-corrected chi connectivity index (χ2v) is 11.0. The first-order chi connectivity index (χ1) is 18.1. The number of fused-ring (bicyclic) bond motifs is 2. The van der Waals surface area contributed by atoms with Crippen LogP contribution in [0.15, 0.2) is 18.2 Å². The van der Waals surface area contributed by atoms with E-state index in [1.54, 1.807) is 13.8 Å². The van der Waals surface area contributed by atoms with Crippen LogP contribution in [0.2, 0.25) is 0 Å². The molecule has 1 aromatic rings. The summed E-state index contributed by atoms with van der Waals surface area (Å²) in [7, 11) is 0. The van der Waals surface area contributed by atoms with Crippen molar-refractivity contribution in [2.75, 3.05) is 6.61 Å². The number of benzene rings is 1. The summed E-state index contributed by atoms with van der Waals surface area (Å²) in [6, 6.07) is 4.39. The van der Waals surface area contributed by atoms with Gasteiger partial charge in [-0.3, -0.25) is 9.59 Å². The van der Waals surface area contributed by atoms with Crippen molar-refractivity contribution in [2.45, 2.75) is 103 Å². The Morgan fingerprint density at radius 1 is 1.05 bits per heavy atom. The van der Waals surface area contributed by atoms with Crippen LogP contribution in [0.1, 0.15) is 76.8 Å². The molecule has 2 aliphatic rings. The first kappa shape index (κ1) is 29.9. The van der Waals surface area contributed by atoms with Crippen molar-refractivity contribution in [2.24, 2.45) is 29.2 Å². The molecule has 2 unspecified atom stereocenters. The largest absolute Gasteiger partial charge is 0.482 e. The van der Waals surface area contributed by atoms with Gasteiger partial charge in [0.2, 0.25) is 0 Å². The normalized spacial score (nSPS) is 24.4. The Labute approximate surface area is 225 Å². The minimum Gasteiger partial charge on any atom is -0.482 e. The Morgan fingerprint density at radius 3 is 2.45 bits per heavy atom. The number of ether oxygens (including phenoxy) is 3. The van der Waals surface area contributed by atoms with Gasteiger partial charge in [-0.05, 0) is 93.7 Å². The van der Waals surface area contributed by atoms with Crippen LogP contribution >= 0.6 is 0 Å². The number of hydrogen-bond donors (Lipinski definition) is 3. The summed E-state index contributed by atoms with van der Waals surface area (Å²) in [6.07, 6.45) is 7.07. The molecule has 3 rings (SSSR count). The Hall–Kier alpha value is -2.65. The lowest BCUT2D eigenvalue weighted by atomic mass is 9.73. The quantitative estimate of drug-likeness (QED) is 0.242. The van der Waals surface area contributed by atoms with E-state index in [0.717, 1.165) is 56.1 Å². The smallest absolute Gasteiger partial charge is 0.341 e. The maximum Gasteiger partial charge on any atom is 0.341 e. The van der Waals surface area contributed by atoms with Gasteiger partial charge in [0.15, 0.2) is 6.61 Å². The third-order valence-corrected chi connectivity index (χ3v) is 7.92. The fourth-order valence-electron chi connectivity index (χ4n) is 5.98. The number of rotatable bonds is 14. The first-order valence-corrected chi connectivity index (χ1v) is 14.0. The molecule has 0 radical (unpaired) electrons. The zero-order chi connectivity index (χ0) is 27.8. The van der Waals surface area contributed by atoms with E-state index in [4.69, 9.17) is 30.8 Å². The molecule has 0 aromatic heterocycles. The summed E-state index contributed by atoms with van der Waals surface area (Å²) in [5, 5.41) is 9.06. The van der Waals surface area contributed by atoms with Gasteiger partial charge in [-0.1, -0.05) is 31.9 Å². The van der Waals surface area contributed by atoms with E-state index in [0.29, 0.717) is 18.6 Å². The SMILES string of the molecule is CCCCC[C@@H](CC[C@@H]1[C@H]2Cc3cccc(OCC(=O)O)c3C[C@H]2C[C@H]1OC(=O)C(C)N)OC(=O)C(C)N. The number of aliphatic carboxylic acids is 1. The summed E-state index contributed by atoms with van der Waals surface area (Å²) >= 11 is 0. The van der Waals surface area contributed by atoms with Gasteiger partial charge in [0.1, 0.15) is 30.0 Å². The topological polar surface area (TPSA) is 151 Å². The van der Waals surface area contributed by atoms with E-state index in [2.05, 4.69) is 13.0 Å². The monoisotopic (exact) mass is 532 g/mol. The highest BCUT2D eigenvalue weighted by Crippen LogP contribution is 2.49. The Kier molecular flexibility index (Phi) is 11.0. The molecule has 0 aliphatic heterocycles. The summed E-state index contributed by atoms with van der Waals surface area (Å²) in [5.74, 6) is -0.572. The molecule has 7 atom stereocenters. The Morgan fingerprint density at radius 2 is 1.79 bits per heavy atom. The Balaban J connectivity index is 1.79. The minimum absolute atomic E-state index is 0.0992. The van der Waals surface area contributed by atoms with Gasteiger partial charge in [0.05, 0.1) is 0 Å². The number of nitrogens with two attached hydrogens (primary N) is 2. The molecule has 2 aliphatic carbocycles. The number of hydrogen-bond acceptors (Lipinski definition) is 8. The highest BCUT2D eigenvalue weighted by Gasteiger charge is 2.47. The summed E-state index contributed by atoms with van der Waals surface area (Å²) in [5.41, 5.74) is 13.8. The van der Waals surface area contributed by atoms with Crippen LogP contribution in [0, 0.1) is 17.8 Å². The van der Waals surface area contributed by atoms with E-state index in [1.165, 1.54) is 0 Å². The first-order valence-electron chi connectivity index (χ1n) is 14.0. The second kappa shape index (κ2) is 13.9. The average molecular weight is 533 g/mol. The van der Waals surface area contributed by atoms with Gasteiger partial charge >= 0.3 is 17.9 Å².